The molecule has 0 radical (unpaired) electrons. The van der Waals surface area contributed by atoms with E-state index >= 15 is 0 Å². The van der Waals surface area contributed by atoms with Crippen LogP contribution in [0.4, 0.5) is 24.5 Å². The van der Waals surface area contributed by atoms with Gasteiger partial charge in [0, 0.05) is 11.3 Å². The number of ether oxygens (including phenoxy) is 1. The topological polar surface area (TPSA) is 113 Å². The predicted molar refractivity (Wildman–Crippen MR) is 147 cm³/mol. The Balaban J connectivity index is 1.66. The average molecular weight is 548 g/mol. The quantitative estimate of drug-likeness (QED) is 0.279. The number of rotatable bonds is 10. The van der Waals surface area contributed by atoms with Gasteiger partial charge in [0.05, 0.1) is 30.5 Å². The minimum atomic E-state index is -4.86. The Kier molecular flexibility index (Phi) is 8.86. The number of anilines is 1. The number of benzene rings is 3. The zero-order chi connectivity index (χ0) is 28.7. The van der Waals surface area contributed by atoms with E-state index in [1.54, 1.807) is 25.3 Å². The molecule has 1 atom stereocenters. The molecule has 7 nitrogen and oxygen atoms in total. The lowest BCUT2D eigenvalue weighted by Crippen LogP contribution is -2.27. The van der Waals surface area contributed by atoms with Crippen molar-refractivity contribution in [2.45, 2.75) is 25.1 Å². The van der Waals surface area contributed by atoms with Crippen LogP contribution in [-0.4, -0.2) is 31.4 Å². The number of hydrogen-bond acceptors (Lipinski definition) is 6. The lowest BCUT2D eigenvalue weighted by Gasteiger charge is -2.22. The summed E-state index contributed by atoms with van der Waals surface area (Å²) in [5, 5.41) is 15.4. The zero-order valence-corrected chi connectivity index (χ0v) is 21.7. The van der Waals surface area contributed by atoms with Crippen LogP contribution in [0.2, 0.25) is 0 Å². The first-order chi connectivity index (χ1) is 19.2. The van der Waals surface area contributed by atoms with Crippen LogP contribution >= 0.6 is 0 Å². The van der Waals surface area contributed by atoms with Crippen LogP contribution in [0.1, 0.15) is 35.6 Å². The summed E-state index contributed by atoms with van der Waals surface area (Å²) in [6.07, 6.45) is -2.05. The molecule has 4 N–H and O–H groups in total. The summed E-state index contributed by atoms with van der Waals surface area (Å²) < 4.78 is 45.2. The fourth-order valence-electron chi connectivity index (χ4n) is 4.07. The maximum atomic E-state index is 13.2. The van der Waals surface area contributed by atoms with Gasteiger partial charge in [-0.2, -0.15) is 18.4 Å². The van der Waals surface area contributed by atoms with Gasteiger partial charge in [-0.05, 0) is 73.3 Å². The molecule has 0 aliphatic heterocycles. The summed E-state index contributed by atoms with van der Waals surface area (Å²) in [6.45, 7) is 0.805. The number of para-hydroxylation sites is 1. The second kappa shape index (κ2) is 12.5. The molecule has 4 rings (SSSR count). The van der Waals surface area contributed by atoms with Crippen molar-refractivity contribution in [1.82, 2.24) is 5.32 Å². The van der Waals surface area contributed by atoms with Crippen molar-refractivity contribution >= 4 is 23.0 Å². The number of aliphatic imine (C=N–C) groups is 1. The Hall–Kier alpha value is -4.62. The maximum Gasteiger partial charge on any atom is 0.430 e. The normalized spacial score (nSPS) is 14.8. The molecular formula is C30H28F3N5O2. The molecular weight excluding hydrogens is 519 g/mol. The number of allylic oxidation sites excluding steroid dienone is 1. The van der Waals surface area contributed by atoms with Gasteiger partial charge in [0.15, 0.2) is 0 Å². The van der Waals surface area contributed by atoms with Gasteiger partial charge in [0.2, 0.25) is 0 Å². The number of nitrogens with one attached hydrogen (secondary N) is 2. The second-order valence-corrected chi connectivity index (χ2v) is 9.36. The van der Waals surface area contributed by atoms with Gasteiger partial charge in [0.1, 0.15) is 17.2 Å². The van der Waals surface area contributed by atoms with Crippen LogP contribution < -0.4 is 21.1 Å². The molecule has 1 aliphatic rings. The smallest absolute Gasteiger partial charge is 0.430 e. The molecule has 0 saturated heterocycles. The molecule has 1 unspecified atom stereocenters. The van der Waals surface area contributed by atoms with E-state index in [9.17, 15) is 18.0 Å². The number of nitrogens with zero attached hydrogens (tertiary/aromatic N) is 2. The third kappa shape index (κ3) is 7.48. The summed E-state index contributed by atoms with van der Waals surface area (Å²) in [5.74, 6) is 0.405. The highest BCUT2D eigenvalue weighted by molar-refractivity contribution is 6.47. The van der Waals surface area contributed by atoms with Gasteiger partial charge in [-0.3, -0.25) is 4.79 Å². The third-order valence-electron chi connectivity index (χ3n) is 6.31. The number of methoxy groups -OCH3 is 1. The number of hydrogen-bond donors (Lipinski definition) is 3. The van der Waals surface area contributed by atoms with Crippen molar-refractivity contribution in [3.8, 4) is 11.8 Å². The number of carbonyl (C=O) groups is 1. The standard InChI is InChI=1S/C30H28F3N5O2/c1-40-26-11-3-2-10-24(26)28(36-18-19-12-13-19)21-7-5-9-23(15-21)38-29(39)25(16-27(35)30(31,32)33)37-22-8-4-6-20(14-22)17-34/h2-11,14-16,19,28,36H,12-13,18,35H2,1H3,(H,38,39)/b27-16-,37-25?. The number of carbonyl (C=O) groups excluding carboxylic acids is 1. The van der Waals surface area contributed by atoms with Crippen molar-refractivity contribution < 1.29 is 22.7 Å². The molecule has 0 bridgehead atoms. The van der Waals surface area contributed by atoms with Crippen LogP contribution in [0, 0.1) is 17.2 Å². The van der Waals surface area contributed by atoms with Crippen molar-refractivity contribution in [3.63, 3.8) is 0 Å². The highest BCUT2D eigenvalue weighted by Crippen LogP contribution is 2.34. The molecule has 1 fully saturated rings. The van der Waals surface area contributed by atoms with E-state index in [1.807, 2.05) is 36.4 Å². The minimum Gasteiger partial charge on any atom is -0.496 e. The molecule has 1 saturated carbocycles. The van der Waals surface area contributed by atoms with E-state index in [0.29, 0.717) is 23.4 Å². The molecule has 3 aromatic rings. The van der Waals surface area contributed by atoms with Gasteiger partial charge in [-0.15, -0.1) is 0 Å². The summed E-state index contributed by atoms with van der Waals surface area (Å²) >= 11 is 0. The lowest BCUT2D eigenvalue weighted by atomic mass is 9.97. The van der Waals surface area contributed by atoms with Crippen molar-refractivity contribution in [3.05, 3.63) is 101 Å². The Bertz CT molecular complexity index is 1470. The van der Waals surface area contributed by atoms with E-state index in [4.69, 9.17) is 15.7 Å². The molecule has 10 heteroatoms. The molecule has 0 aromatic heterocycles. The van der Waals surface area contributed by atoms with Gasteiger partial charge in [-0.1, -0.05) is 36.4 Å². The van der Waals surface area contributed by atoms with E-state index in [0.717, 1.165) is 30.5 Å². The zero-order valence-electron chi connectivity index (χ0n) is 21.7. The lowest BCUT2D eigenvalue weighted by molar-refractivity contribution is -0.110. The van der Waals surface area contributed by atoms with E-state index < -0.39 is 23.5 Å². The fourth-order valence-corrected chi connectivity index (χ4v) is 4.07. The van der Waals surface area contributed by atoms with Gasteiger partial charge in [0.25, 0.3) is 5.91 Å². The molecule has 0 heterocycles. The monoisotopic (exact) mass is 547 g/mol. The van der Waals surface area contributed by atoms with Crippen LogP contribution in [-0.2, 0) is 4.79 Å². The van der Waals surface area contributed by atoms with Crippen molar-refractivity contribution in [2.24, 2.45) is 16.6 Å². The summed E-state index contributed by atoms with van der Waals surface area (Å²) in [4.78, 5) is 17.3. The van der Waals surface area contributed by atoms with Crippen molar-refractivity contribution in [1.29, 1.82) is 5.26 Å². The summed E-state index contributed by atoms with van der Waals surface area (Å²) in [6, 6.07) is 22.2. The first kappa shape index (κ1) is 28.4. The first-order valence-corrected chi connectivity index (χ1v) is 12.6. The molecule has 1 aliphatic carbocycles. The molecule has 40 heavy (non-hydrogen) atoms. The highest BCUT2D eigenvalue weighted by atomic mass is 19.4. The van der Waals surface area contributed by atoms with Gasteiger partial charge < -0.3 is 21.1 Å². The number of nitriles is 1. The van der Waals surface area contributed by atoms with E-state index in [2.05, 4.69) is 15.6 Å². The van der Waals surface area contributed by atoms with Crippen LogP contribution in [0.25, 0.3) is 0 Å². The van der Waals surface area contributed by atoms with Gasteiger partial charge in [-0.25, -0.2) is 4.99 Å². The van der Waals surface area contributed by atoms with Crippen LogP contribution in [0.15, 0.2) is 89.6 Å². The Morgan fingerprint density at radius 1 is 1.15 bits per heavy atom. The summed E-state index contributed by atoms with van der Waals surface area (Å²) in [5.41, 5.74) is 5.63. The molecule has 1 amide bonds. The summed E-state index contributed by atoms with van der Waals surface area (Å²) in [7, 11) is 1.60. The number of nitrogens with two attached hydrogens (primary N) is 1. The molecule has 206 valence electrons. The first-order valence-electron chi connectivity index (χ1n) is 12.6. The predicted octanol–water partition coefficient (Wildman–Crippen LogP) is 5.77. The number of halogens is 3. The third-order valence-corrected chi connectivity index (χ3v) is 6.31. The fraction of sp³-hybridized carbons (Fsp3) is 0.233. The second-order valence-electron chi connectivity index (χ2n) is 9.36. The molecule has 3 aromatic carbocycles. The average Bonchev–Trinajstić information content (AvgIpc) is 3.77. The largest absolute Gasteiger partial charge is 0.496 e. The van der Waals surface area contributed by atoms with E-state index in [1.165, 1.54) is 24.3 Å². The number of amides is 1. The highest BCUT2D eigenvalue weighted by Gasteiger charge is 2.32. The Morgan fingerprint density at radius 3 is 2.60 bits per heavy atom. The Labute approximate surface area is 230 Å². The minimum absolute atomic E-state index is 0.129. The Morgan fingerprint density at radius 2 is 1.90 bits per heavy atom. The SMILES string of the molecule is COc1ccccc1C(NCC1CC1)c1cccc(NC(=O)C(/C=C(\N)C(F)(F)F)=Nc2cccc(C#N)c2)c1. The molecule has 0 spiro atoms. The van der Waals surface area contributed by atoms with Crippen LogP contribution in [0.3, 0.4) is 0 Å². The van der Waals surface area contributed by atoms with E-state index in [-0.39, 0.29) is 17.3 Å². The van der Waals surface area contributed by atoms with Crippen LogP contribution in [0.5, 0.6) is 5.75 Å². The maximum absolute atomic E-state index is 13.2. The van der Waals surface area contributed by atoms with Gasteiger partial charge >= 0.3 is 6.18 Å². The van der Waals surface area contributed by atoms with Crippen molar-refractivity contribution in [2.75, 3.05) is 19.0 Å². The number of alkyl halides is 3.